The highest BCUT2D eigenvalue weighted by molar-refractivity contribution is 6.10. The lowest BCUT2D eigenvalue weighted by Gasteiger charge is -2.26. The number of benzene rings is 3. The number of rotatable bonds is 7. The lowest BCUT2D eigenvalue weighted by atomic mass is 9.83. The molecule has 12 nitrogen and oxygen atoms in total. The van der Waals surface area contributed by atoms with Gasteiger partial charge in [-0.25, -0.2) is 5.43 Å². The van der Waals surface area contributed by atoms with E-state index in [4.69, 9.17) is 0 Å². The fourth-order valence-corrected chi connectivity index (χ4v) is 4.64. The third kappa shape index (κ3) is 4.17. The van der Waals surface area contributed by atoms with E-state index < -0.39 is 46.7 Å². The Balaban J connectivity index is 1.50. The molecular weight excluding hydrogens is 494 g/mol. The Morgan fingerprint density at radius 2 is 1.39 bits per heavy atom. The van der Waals surface area contributed by atoms with Crippen LogP contribution < -0.4 is 16.1 Å². The topological polar surface area (TPSA) is 183 Å². The highest BCUT2D eigenvalue weighted by Crippen LogP contribution is 2.42. The molecule has 5 N–H and O–H groups in total. The number of carbonyl (C=O) groups is 3. The maximum atomic E-state index is 12.8. The Hall–Kier alpha value is -4.94. The number of nitro benzene ring substituents is 1. The van der Waals surface area contributed by atoms with Crippen LogP contribution in [0.2, 0.25) is 0 Å². The molecular formula is C26H21N5O7. The molecule has 2 aliphatic heterocycles. The summed E-state index contributed by atoms with van der Waals surface area (Å²) < 4.78 is 0. The third-order valence-electron chi connectivity index (χ3n) is 6.55. The first-order valence-corrected chi connectivity index (χ1v) is 11.5. The van der Waals surface area contributed by atoms with Gasteiger partial charge in [0.15, 0.2) is 11.2 Å². The monoisotopic (exact) mass is 515 g/mol. The summed E-state index contributed by atoms with van der Waals surface area (Å²) in [6, 6.07) is 17.9. The van der Waals surface area contributed by atoms with Crippen LogP contribution in [0.4, 0.5) is 17.1 Å². The van der Waals surface area contributed by atoms with Gasteiger partial charge in [0.2, 0.25) is 0 Å². The molecule has 5 rings (SSSR count). The number of non-ortho nitro benzene ring substituents is 1. The van der Waals surface area contributed by atoms with Gasteiger partial charge in [-0.3, -0.25) is 24.5 Å². The number of nitro groups is 1. The van der Waals surface area contributed by atoms with Crippen LogP contribution in [-0.4, -0.2) is 38.6 Å². The van der Waals surface area contributed by atoms with Gasteiger partial charge in [-0.2, -0.15) is 5.10 Å². The Labute approximate surface area is 215 Å². The van der Waals surface area contributed by atoms with Crippen molar-refractivity contribution < 1.29 is 29.5 Å². The molecule has 0 saturated heterocycles. The smallest absolute Gasteiger partial charge is 0.271 e. The number of nitrogens with zero attached hydrogens (tertiary/aromatic N) is 2. The van der Waals surface area contributed by atoms with Crippen LogP contribution in [0.3, 0.4) is 0 Å². The van der Waals surface area contributed by atoms with E-state index in [1.54, 1.807) is 48.5 Å². The Kier molecular flexibility index (Phi) is 5.97. The zero-order valence-corrected chi connectivity index (χ0v) is 19.7. The van der Waals surface area contributed by atoms with Crippen molar-refractivity contribution in [1.82, 2.24) is 5.43 Å². The minimum Gasteiger partial charge on any atom is -0.375 e. The van der Waals surface area contributed by atoms with Crippen molar-refractivity contribution in [2.45, 2.75) is 24.0 Å². The minimum atomic E-state index is -2.10. The summed E-state index contributed by atoms with van der Waals surface area (Å²) >= 11 is 0. The quantitative estimate of drug-likeness (QED) is 0.181. The van der Waals surface area contributed by atoms with E-state index in [1.165, 1.54) is 18.2 Å². The molecule has 3 amide bonds. The van der Waals surface area contributed by atoms with Gasteiger partial charge in [-0.1, -0.05) is 42.5 Å². The number of anilines is 2. The van der Waals surface area contributed by atoms with Crippen molar-refractivity contribution in [3.8, 4) is 0 Å². The maximum absolute atomic E-state index is 12.8. The van der Waals surface area contributed by atoms with Gasteiger partial charge in [0.25, 0.3) is 23.4 Å². The van der Waals surface area contributed by atoms with Gasteiger partial charge in [-0.05, 0) is 18.2 Å². The van der Waals surface area contributed by atoms with Gasteiger partial charge in [0.1, 0.15) is 0 Å². The van der Waals surface area contributed by atoms with Crippen LogP contribution in [0, 0.1) is 10.1 Å². The first kappa shape index (κ1) is 24.7. The molecule has 2 heterocycles. The van der Waals surface area contributed by atoms with Crippen molar-refractivity contribution in [2.75, 3.05) is 10.6 Å². The standard InChI is InChI=1S/C26H21N5O7/c32-22(15-6-5-7-17(12-15)31(37)38)30-29-16(13-25(35)18-8-1-3-10-20(18)27-23(25)33)14-26(36)19-9-2-4-11-21(19)28-24(26)34/h1-12,35-36H,13-14H2,(H,27,33)(H,28,34)(H,30,32). The number of fused-ring (bicyclic) bond motifs is 2. The molecule has 0 bridgehead atoms. The zero-order valence-electron chi connectivity index (χ0n) is 19.7. The lowest BCUT2D eigenvalue weighted by Crippen LogP contribution is -2.41. The summed E-state index contributed by atoms with van der Waals surface area (Å²) in [5.74, 6) is -2.28. The number of hydrazone groups is 1. The Bertz CT molecular complexity index is 1460. The molecule has 0 aromatic heterocycles. The van der Waals surface area contributed by atoms with Gasteiger partial charge < -0.3 is 20.8 Å². The van der Waals surface area contributed by atoms with Crippen molar-refractivity contribution in [1.29, 1.82) is 0 Å². The summed E-state index contributed by atoms with van der Waals surface area (Å²) in [6.45, 7) is 0. The molecule has 0 aliphatic carbocycles. The van der Waals surface area contributed by atoms with E-state index in [0.717, 1.165) is 6.07 Å². The van der Waals surface area contributed by atoms with Crippen molar-refractivity contribution in [3.63, 3.8) is 0 Å². The molecule has 0 fully saturated rings. The largest absolute Gasteiger partial charge is 0.375 e. The Morgan fingerprint density at radius 1 is 0.868 bits per heavy atom. The van der Waals surface area contributed by atoms with Gasteiger partial charge in [0.05, 0.1) is 4.92 Å². The van der Waals surface area contributed by atoms with Crippen molar-refractivity contribution >= 4 is 40.5 Å². The molecule has 3 aromatic rings. The Morgan fingerprint density at radius 3 is 1.92 bits per heavy atom. The average Bonchev–Trinajstić information content (AvgIpc) is 3.31. The minimum absolute atomic E-state index is 0.0624. The van der Waals surface area contributed by atoms with Crippen molar-refractivity contribution in [3.05, 3.63) is 99.6 Å². The van der Waals surface area contributed by atoms with Crippen LogP contribution in [-0.2, 0) is 20.8 Å². The number of amides is 3. The number of aliphatic hydroxyl groups is 2. The van der Waals surface area contributed by atoms with Gasteiger partial charge >= 0.3 is 0 Å². The molecule has 2 atom stereocenters. The number of hydrogen-bond donors (Lipinski definition) is 5. The van der Waals surface area contributed by atoms with Crippen LogP contribution in [0.1, 0.15) is 34.3 Å². The van der Waals surface area contributed by atoms with E-state index in [0.29, 0.717) is 11.4 Å². The highest BCUT2D eigenvalue weighted by atomic mass is 16.6. The number of hydrogen-bond acceptors (Lipinski definition) is 8. The van der Waals surface area contributed by atoms with Crippen LogP contribution in [0.5, 0.6) is 0 Å². The maximum Gasteiger partial charge on any atom is 0.271 e. The predicted octanol–water partition coefficient (Wildman–Crippen LogP) is 2.14. The molecule has 2 aliphatic rings. The van der Waals surface area contributed by atoms with E-state index in [9.17, 15) is 34.7 Å². The van der Waals surface area contributed by atoms with Gasteiger partial charge in [-0.15, -0.1) is 0 Å². The number of nitrogens with one attached hydrogen (secondary N) is 3. The first-order chi connectivity index (χ1) is 18.1. The second-order valence-electron chi connectivity index (χ2n) is 9.00. The fourth-order valence-electron chi connectivity index (χ4n) is 4.64. The van der Waals surface area contributed by atoms with E-state index in [-0.39, 0.29) is 28.1 Å². The number of carbonyl (C=O) groups excluding carboxylic acids is 3. The summed E-state index contributed by atoms with van der Waals surface area (Å²) in [6.07, 6.45) is -0.939. The van der Waals surface area contributed by atoms with Crippen LogP contribution in [0.25, 0.3) is 0 Å². The molecule has 2 unspecified atom stereocenters. The van der Waals surface area contributed by atoms with Gasteiger partial charge in [0, 0.05) is 58.8 Å². The normalized spacial score (nSPS) is 21.1. The van der Waals surface area contributed by atoms with Crippen LogP contribution in [0.15, 0.2) is 77.9 Å². The van der Waals surface area contributed by atoms with E-state index >= 15 is 0 Å². The second-order valence-corrected chi connectivity index (χ2v) is 9.00. The molecule has 0 radical (unpaired) electrons. The molecule has 0 saturated carbocycles. The highest BCUT2D eigenvalue weighted by Gasteiger charge is 2.50. The third-order valence-corrected chi connectivity index (χ3v) is 6.55. The lowest BCUT2D eigenvalue weighted by molar-refractivity contribution is -0.384. The molecule has 38 heavy (non-hydrogen) atoms. The average molecular weight is 515 g/mol. The molecule has 12 heteroatoms. The molecule has 192 valence electrons. The number of para-hydroxylation sites is 2. The first-order valence-electron chi connectivity index (χ1n) is 11.5. The molecule has 3 aromatic carbocycles. The molecule has 0 spiro atoms. The van der Waals surface area contributed by atoms with E-state index in [1.807, 2.05) is 0 Å². The van der Waals surface area contributed by atoms with E-state index in [2.05, 4.69) is 21.2 Å². The van der Waals surface area contributed by atoms with Crippen LogP contribution >= 0.6 is 0 Å². The summed E-state index contributed by atoms with van der Waals surface area (Å²) in [5.41, 5.74) is -1.05. The fraction of sp³-hybridized carbons (Fsp3) is 0.154. The summed E-state index contributed by atoms with van der Waals surface area (Å²) in [5, 5.41) is 43.2. The predicted molar refractivity (Wildman–Crippen MR) is 135 cm³/mol. The summed E-state index contributed by atoms with van der Waals surface area (Å²) in [7, 11) is 0. The van der Waals surface area contributed by atoms with Crippen molar-refractivity contribution in [2.24, 2.45) is 5.10 Å². The zero-order chi connectivity index (χ0) is 27.1. The SMILES string of the molecule is O=C(NN=C(CC1(O)C(=O)Nc2ccccc21)CC1(O)C(=O)Nc2ccccc21)c1cccc([N+](=O)[O-])c1. The second kappa shape index (κ2) is 9.18. The summed E-state index contributed by atoms with van der Waals surface area (Å²) in [4.78, 5) is 48.8.